The number of nitrogens with one attached hydrogen (secondary N) is 1. The van der Waals surface area contributed by atoms with Crippen molar-refractivity contribution in [2.45, 2.75) is 26.3 Å². The molecule has 7 nitrogen and oxygen atoms in total. The van der Waals surface area contributed by atoms with Crippen molar-refractivity contribution in [1.29, 1.82) is 0 Å². The summed E-state index contributed by atoms with van der Waals surface area (Å²) in [6, 6.07) is 7.92. The smallest absolute Gasteiger partial charge is 0.327 e. The molecule has 0 fully saturated rings. The van der Waals surface area contributed by atoms with Gasteiger partial charge in [-0.2, -0.15) is 13.9 Å². The van der Waals surface area contributed by atoms with Crippen LogP contribution in [0.5, 0.6) is 0 Å². The summed E-state index contributed by atoms with van der Waals surface area (Å²) >= 11 is 0. The van der Waals surface area contributed by atoms with Crippen molar-refractivity contribution in [3.63, 3.8) is 0 Å². The number of benzene rings is 2. The van der Waals surface area contributed by atoms with E-state index in [-0.39, 0.29) is 11.6 Å². The molecular formula is C22H20F3N5O2. The van der Waals surface area contributed by atoms with Gasteiger partial charge in [0.15, 0.2) is 0 Å². The van der Waals surface area contributed by atoms with E-state index in [2.05, 4.69) is 10.4 Å². The van der Waals surface area contributed by atoms with Crippen LogP contribution in [-0.4, -0.2) is 26.8 Å². The number of carbonyl (C=O) groups excluding carboxylic acids is 1. The van der Waals surface area contributed by atoms with Gasteiger partial charge in [-0.25, -0.2) is 18.4 Å². The minimum atomic E-state index is -1.95. The number of nitrogens with zero attached hydrogens (tertiary/aromatic N) is 3. The van der Waals surface area contributed by atoms with Gasteiger partial charge < -0.3 is 11.1 Å². The molecule has 0 radical (unpaired) electrons. The number of aromatic nitrogens is 3. The second-order valence-electron chi connectivity index (χ2n) is 7.55. The molecular weight excluding hydrogens is 423 g/mol. The Kier molecular flexibility index (Phi) is 5.70. The number of aryl methyl sites for hydroxylation is 2. The van der Waals surface area contributed by atoms with Crippen molar-refractivity contribution in [3.05, 3.63) is 75.7 Å². The third kappa shape index (κ3) is 3.96. The first-order valence-corrected chi connectivity index (χ1v) is 9.89. The summed E-state index contributed by atoms with van der Waals surface area (Å²) in [7, 11) is 0. The predicted octanol–water partition coefficient (Wildman–Crippen LogP) is 3.14. The third-order valence-electron chi connectivity index (χ3n) is 5.43. The lowest BCUT2D eigenvalue weighted by Crippen LogP contribution is -2.26. The van der Waals surface area contributed by atoms with Gasteiger partial charge in [-0.15, -0.1) is 0 Å². The Hall–Kier alpha value is -3.66. The molecule has 0 saturated heterocycles. The van der Waals surface area contributed by atoms with Crippen LogP contribution in [0.2, 0.25) is 0 Å². The minimum Gasteiger partial charge on any atom is -0.327 e. The van der Waals surface area contributed by atoms with Crippen molar-refractivity contribution < 1.29 is 18.0 Å². The van der Waals surface area contributed by atoms with Gasteiger partial charge >= 0.3 is 5.69 Å². The van der Waals surface area contributed by atoms with Crippen LogP contribution < -0.4 is 16.7 Å². The first kappa shape index (κ1) is 21.6. The maximum Gasteiger partial charge on any atom is 0.350 e. The van der Waals surface area contributed by atoms with Crippen LogP contribution in [0.25, 0.3) is 16.8 Å². The molecule has 1 aromatic heterocycles. The van der Waals surface area contributed by atoms with E-state index in [0.717, 1.165) is 32.4 Å². The number of hydrogen-bond acceptors (Lipinski definition) is 4. The zero-order chi connectivity index (χ0) is 23.0. The van der Waals surface area contributed by atoms with E-state index in [0.29, 0.717) is 24.0 Å². The van der Waals surface area contributed by atoms with Crippen LogP contribution in [0.15, 0.2) is 53.1 Å². The van der Waals surface area contributed by atoms with Crippen LogP contribution in [0.4, 0.5) is 18.9 Å². The van der Waals surface area contributed by atoms with Crippen molar-refractivity contribution in [3.8, 4) is 16.8 Å². The molecule has 1 amide bonds. The maximum absolute atomic E-state index is 15.0. The first-order chi connectivity index (χ1) is 15.3. The molecule has 2 aromatic carbocycles. The molecule has 32 heavy (non-hydrogen) atoms. The topological polar surface area (TPSA) is 94.9 Å². The van der Waals surface area contributed by atoms with Crippen molar-refractivity contribution in [2.75, 3.05) is 11.9 Å². The average molecular weight is 443 g/mol. The molecule has 0 saturated carbocycles. The highest BCUT2D eigenvalue weighted by molar-refractivity contribution is 5.95. The number of halogens is 3. The third-order valence-corrected chi connectivity index (χ3v) is 5.43. The Morgan fingerprint density at radius 3 is 2.66 bits per heavy atom. The number of rotatable bonds is 5. The summed E-state index contributed by atoms with van der Waals surface area (Å²) in [5.74, 6) is -0.600. The fraction of sp³-hybridized carbons (Fsp3) is 0.227. The van der Waals surface area contributed by atoms with Gasteiger partial charge in [-0.05, 0) is 60.4 Å². The van der Waals surface area contributed by atoms with E-state index in [9.17, 15) is 18.4 Å². The van der Waals surface area contributed by atoms with E-state index in [1.807, 2.05) is 13.0 Å². The number of hydrogen-bond donors (Lipinski definition) is 2. The summed E-state index contributed by atoms with van der Waals surface area (Å²) in [5.41, 5.74) is 7.92. The van der Waals surface area contributed by atoms with Crippen LogP contribution in [0.3, 0.4) is 0 Å². The molecule has 0 aliphatic carbocycles. The molecule has 0 spiro atoms. The van der Waals surface area contributed by atoms with Crippen molar-refractivity contribution >= 4 is 11.6 Å². The van der Waals surface area contributed by atoms with E-state index in [1.54, 1.807) is 18.2 Å². The molecule has 4 rings (SSSR count). The monoisotopic (exact) mass is 443 g/mol. The lowest BCUT2D eigenvalue weighted by molar-refractivity contribution is -0.116. The Bertz CT molecular complexity index is 1310. The number of carbonyl (C=O) groups is 1. The highest BCUT2D eigenvalue weighted by Crippen LogP contribution is 2.33. The standard InChI is InChI=1S/C22H20F3N5O2/c1-12-6-14(7-13-2-5-19(31)28-20(12)13)17-4-3-16(8-18(17)23)29-11-27-30(22(29)32)10-15(9-26)21(24)25/h3-4,6-8,11H,2,5,9-10,26H2,1H3,(H,28,31). The van der Waals surface area contributed by atoms with Crippen LogP contribution in [-0.2, 0) is 17.8 Å². The average Bonchev–Trinajstić information content (AvgIpc) is 3.12. The molecule has 0 bridgehead atoms. The van der Waals surface area contributed by atoms with Crippen molar-refractivity contribution in [1.82, 2.24) is 14.3 Å². The molecule has 10 heteroatoms. The Balaban J connectivity index is 1.67. The van der Waals surface area contributed by atoms with Crippen LogP contribution in [0.1, 0.15) is 17.5 Å². The summed E-state index contributed by atoms with van der Waals surface area (Å²) in [6.45, 7) is 0.990. The lowest BCUT2D eigenvalue weighted by atomic mass is 9.93. The normalized spacial score (nSPS) is 13.0. The molecule has 1 aliphatic rings. The lowest BCUT2D eigenvalue weighted by Gasteiger charge is -2.20. The fourth-order valence-corrected chi connectivity index (χ4v) is 3.73. The SMILES string of the molecule is Cc1cc(-c2ccc(-n3cnn(CC(CN)=C(F)F)c3=O)cc2F)cc2c1NC(=O)CC2. The van der Waals surface area contributed by atoms with Gasteiger partial charge in [-0.1, -0.05) is 0 Å². The number of amides is 1. The molecule has 0 unspecified atom stereocenters. The van der Waals surface area contributed by atoms with E-state index in [1.165, 1.54) is 6.07 Å². The molecule has 166 valence electrons. The van der Waals surface area contributed by atoms with E-state index < -0.39 is 36.3 Å². The summed E-state index contributed by atoms with van der Waals surface area (Å²) in [6.07, 6.45) is 0.136. The highest BCUT2D eigenvalue weighted by Gasteiger charge is 2.19. The minimum absolute atomic E-state index is 0.0433. The van der Waals surface area contributed by atoms with Gasteiger partial charge in [0.25, 0.3) is 6.08 Å². The second-order valence-corrected chi connectivity index (χ2v) is 7.55. The zero-order valence-corrected chi connectivity index (χ0v) is 17.2. The Morgan fingerprint density at radius 2 is 1.97 bits per heavy atom. The number of anilines is 1. The highest BCUT2D eigenvalue weighted by atomic mass is 19.3. The zero-order valence-electron chi connectivity index (χ0n) is 17.2. The van der Waals surface area contributed by atoms with Crippen LogP contribution >= 0.6 is 0 Å². The Morgan fingerprint density at radius 1 is 1.19 bits per heavy atom. The van der Waals surface area contributed by atoms with E-state index >= 15 is 4.39 Å². The predicted molar refractivity (Wildman–Crippen MR) is 113 cm³/mol. The number of fused-ring (bicyclic) bond motifs is 1. The quantitative estimate of drug-likeness (QED) is 0.634. The molecule has 3 aromatic rings. The largest absolute Gasteiger partial charge is 0.350 e. The summed E-state index contributed by atoms with van der Waals surface area (Å²) in [5, 5.41) is 6.67. The van der Waals surface area contributed by atoms with Crippen molar-refractivity contribution in [2.24, 2.45) is 5.73 Å². The molecule has 1 aliphatic heterocycles. The Labute approximate surface area is 181 Å². The van der Waals surface area contributed by atoms with Gasteiger partial charge in [0, 0.05) is 29.8 Å². The van der Waals surface area contributed by atoms with Crippen LogP contribution in [0, 0.1) is 12.7 Å². The van der Waals surface area contributed by atoms with Gasteiger partial charge in [0.05, 0.1) is 12.2 Å². The van der Waals surface area contributed by atoms with Gasteiger partial charge in [0.1, 0.15) is 12.1 Å². The van der Waals surface area contributed by atoms with Gasteiger partial charge in [0.2, 0.25) is 5.91 Å². The van der Waals surface area contributed by atoms with Gasteiger partial charge in [-0.3, -0.25) is 4.79 Å². The molecule has 3 N–H and O–H groups in total. The first-order valence-electron chi connectivity index (χ1n) is 9.89. The van der Waals surface area contributed by atoms with E-state index in [4.69, 9.17) is 5.73 Å². The maximum atomic E-state index is 15.0. The molecule has 2 heterocycles. The summed E-state index contributed by atoms with van der Waals surface area (Å²) < 4.78 is 42.6. The summed E-state index contributed by atoms with van der Waals surface area (Å²) in [4.78, 5) is 24.2. The second kappa shape index (κ2) is 8.46. The number of nitrogens with two attached hydrogens (primary N) is 1. The fourth-order valence-electron chi connectivity index (χ4n) is 3.73. The molecule has 0 atom stereocenters.